The molecule has 0 saturated heterocycles. The number of benzene rings is 1. The molecule has 4 rings (SSSR count). The Balaban J connectivity index is 1.64. The van der Waals surface area contributed by atoms with Crippen molar-refractivity contribution in [3.8, 4) is 0 Å². The van der Waals surface area contributed by atoms with Crippen molar-refractivity contribution in [2.75, 3.05) is 22.1 Å². The molecule has 11 heteroatoms. The number of rotatable bonds is 8. The first-order valence-corrected chi connectivity index (χ1v) is 11.8. The zero-order valence-electron chi connectivity index (χ0n) is 19.4. The van der Waals surface area contributed by atoms with Crippen molar-refractivity contribution >= 4 is 29.2 Å². The van der Waals surface area contributed by atoms with Crippen molar-refractivity contribution in [3.63, 3.8) is 0 Å². The molecule has 2 aliphatic rings. The summed E-state index contributed by atoms with van der Waals surface area (Å²) in [7, 11) is 0. The predicted octanol–water partition coefficient (Wildman–Crippen LogP) is 5.91. The normalized spacial score (nSPS) is 20.3. The van der Waals surface area contributed by atoms with Crippen molar-refractivity contribution in [1.29, 1.82) is 0 Å². The van der Waals surface area contributed by atoms with Crippen molar-refractivity contribution in [3.05, 3.63) is 35.6 Å². The van der Waals surface area contributed by atoms with Gasteiger partial charge in [0.25, 0.3) is 0 Å². The Morgan fingerprint density at radius 1 is 1.17 bits per heavy atom. The summed E-state index contributed by atoms with van der Waals surface area (Å²) in [5.41, 5.74) is 1.56. The number of aliphatic carboxylic acids is 1. The Hall–Kier alpha value is -3.24. The topological polar surface area (TPSA) is 108 Å². The van der Waals surface area contributed by atoms with Gasteiger partial charge in [-0.3, -0.25) is 10.1 Å². The van der Waals surface area contributed by atoms with Crippen LogP contribution in [0.15, 0.2) is 28.8 Å². The molecule has 0 radical (unpaired) electrons. The van der Waals surface area contributed by atoms with E-state index in [-0.39, 0.29) is 24.3 Å². The fraction of sp³-hybridized carbons (Fsp3) is 0.542. The van der Waals surface area contributed by atoms with E-state index in [1.54, 1.807) is 30.0 Å². The lowest BCUT2D eigenvalue weighted by Gasteiger charge is -2.37. The summed E-state index contributed by atoms with van der Waals surface area (Å²) in [6.45, 7) is 1.45. The van der Waals surface area contributed by atoms with Gasteiger partial charge >= 0.3 is 18.2 Å². The minimum Gasteiger partial charge on any atom is -0.481 e. The number of hydrogen-bond acceptors (Lipinski definition) is 5. The fourth-order valence-corrected chi connectivity index (χ4v) is 4.81. The van der Waals surface area contributed by atoms with Crippen LogP contribution in [0, 0.1) is 12.8 Å². The summed E-state index contributed by atoms with van der Waals surface area (Å²) in [5, 5.41) is 18.3. The summed E-state index contributed by atoms with van der Waals surface area (Å²) >= 11 is 0. The molecule has 0 bridgehead atoms. The molecule has 1 aromatic heterocycles. The molecule has 2 amide bonds. The van der Waals surface area contributed by atoms with Crippen LogP contribution in [0.4, 0.5) is 35.2 Å². The van der Waals surface area contributed by atoms with Gasteiger partial charge in [0.2, 0.25) is 0 Å². The SMILES string of the molecule is Cc1cc(NC(=O)Nc2cc(C3C[C@H]3C(=O)O)ccc2N(CCC(F)(F)F)C2CCCCC2)no1. The Labute approximate surface area is 200 Å². The van der Waals surface area contributed by atoms with Crippen molar-refractivity contribution in [1.82, 2.24) is 5.16 Å². The van der Waals surface area contributed by atoms with Gasteiger partial charge in [-0.05, 0) is 49.8 Å². The van der Waals surface area contributed by atoms with Gasteiger partial charge in [0.1, 0.15) is 5.76 Å². The van der Waals surface area contributed by atoms with E-state index in [2.05, 4.69) is 15.8 Å². The number of nitrogens with one attached hydrogen (secondary N) is 2. The minimum absolute atomic E-state index is 0.0774. The van der Waals surface area contributed by atoms with Gasteiger partial charge in [-0.2, -0.15) is 13.2 Å². The number of carboxylic acid groups (broad SMARTS) is 1. The molecular weight excluding hydrogens is 465 g/mol. The third kappa shape index (κ3) is 6.46. The molecule has 2 aromatic rings. The van der Waals surface area contributed by atoms with Gasteiger partial charge in [-0.1, -0.05) is 30.5 Å². The summed E-state index contributed by atoms with van der Waals surface area (Å²) in [5.74, 6) is -0.872. The molecule has 1 unspecified atom stereocenters. The van der Waals surface area contributed by atoms with E-state index in [1.807, 2.05) is 0 Å². The van der Waals surface area contributed by atoms with Gasteiger partial charge < -0.3 is 19.8 Å². The Morgan fingerprint density at radius 2 is 1.91 bits per heavy atom. The molecular formula is C24H29F3N4O4. The van der Waals surface area contributed by atoms with E-state index in [9.17, 15) is 27.9 Å². The number of carbonyl (C=O) groups is 2. The number of urea groups is 1. The highest BCUT2D eigenvalue weighted by Gasteiger charge is 2.44. The van der Waals surface area contributed by atoms with Gasteiger partial charge in [0.15, 0.2) is 5.82 Å². The van der Waals surface area contributed by atoms with Crippen molar-refractivity contribution in [2.45, 2.75) is 70.0 Å². The van der Waals surface area contributed by atoms with Crippen LogP contribution in [-0.4, -0.2) is 41.0 Å². The lowest BCUT2D eigenvalue weighted by molar-refractivity contribution is -0.138. The van der Waals surface area contributed by atoms with Crippen molar-refractivity contribution in [2.24, 2.45) is 5.92 Å². The molecule has 2 fully saturated rings. The molecule has 0 aliphatic heterocycles. The zero-order chi connectivity index (χ0) is 25.2. The van der Waals surface area contributed by atoms with E-state index >= 15 is 0 Å². The number of alkyl halides is 3. The molecule has 8 nitrogen and oxygen atoms in total. The van der Waals surface area contributed by atoms with E-state index in [4.69, 9.17) is 4.52 Å². The smallest absolute Gasteiger partial charge is 0.390 e. The highest BCUT2D eigenvalue weighted by atomic mass is 19.4. The Kier molecular flexibility index (Phi) is 7.23. The largest absolute Gasteiger partial charge is 0.481 e. The quantitative estimate of drug-likeness (QED) is 0.421. The molecule has 35 heavy (non-hydrogen) atoms. The maximum absolute atomic E-state index is 13.2. The molecule has 2 saturated carbocycles. The predicted molar refractivity (Wildman–Crippen MR) is 124 cm³/mol. The van der Waals surface area contributed by atoms with Gasteiger partial charge in [-0.15, -0.1) is 0 Å². The lowest BCUT2D eigenvalue weighted by atomic mass is 9.93. The van der Waals surface area contributed by atoms with E-state index < -0.39 is 30.5 Å². The standard InChI is InChI=1S/C24H29F3N4O4/c1-14-11-21(30-35-14)29-23(34)28-19-12-15(17-13-18(17)22(32)33)7-8-20(19)31(10-9-24(25,26)27)16-5-3-2-4-6-16/h7-8,11-12,16-18H,2-6,9-10,13H2,1H3,(H,32,33)(H2,28,29,30,34)/t17?,18-/m1/s1. The lowest BCUT2D eigenvalue weighted by Crippen LogP contribution is -2.39. The summed E-state index contributed by atoms with van der Waals surface area (Å²) < 4.78 is 44.5. The monoisotopic (exact) mass is 494 g/mol. The fourth-order valence-electron chi connectivity index (χ4n) is 4.81. The van der Waals surface area contributed by atoms with Crippen LogP contribution in [0.5, 0.6) is 0 Å². The van der Waals surface area contributed by atoms with Crippen LogP contribution < -0.4 is 15.5 Å². The van der Waals surface area contributed by atoms with Crippen LogP contribution >= 0.6 is 0 Å². The molecule has 0 spiro atoms. The number of amides is 2. The molecule has 2 atom stereocenters. The highest BCUT2D eigenvalue weighted by Crippen LogP contribution is 2.49. The first-order valence-electron chi connectivity index (χ1n) is 11.8. The summed E-state index contributed by atoms with van der Waals surface area (Å²) in [6.07, 6.45) is -0.348. The zero-order valence-corrected chi connectivity index (χ0v) is 19.4. The molecule has 3 N–H and O–H groups in total. The van der Waals surface area contributed by atoms with Crippen LogP contribution in [0.25, 0.3) is 0 Å². The summed E-state index contributed by atoms with van der Waals surface area (Å²) in [6, 6.07) is 5.98. The maximum Gasteiger partial charge on any atom is 0.390 e. The molecule has 1 heterocycles. The average Bonchev–Trinajstić information content (AvgIpc) is 3.51. The first-order chi connectivity index (χ1) is 16.6. The minimum atomic E-state index is -4.31. The number of aromatic nitrogens is 1. The van der Waals surface area contributed by atoms with Gasteiger partial charge in [0, 0.05) is 18.7 Å². The molecule has 190 valence electrons. The van der Waals surface area contributed by atoms with Crippen LogP contribution in [0.2, 0.25) is 0 Å². The molecule has 2 aliphatic carbocycles. The second-order valence-electron chi connectivity index (χ2n) is 9.32. The molecule has 1 aromatic carbocycles. The van der Waals surface area contributed by atoms with E-state index in [0.29, 0.717) is 23.6 Å². The first kappa shape index (κ1) is 24.9. The number of hydrogen-bond donors (Lipinski definition) is 3. The number of carboxylic acids is 1. The second-order valence-corrected chi connectivity index (χ2v) is 9.32. The highest BCUT2D eigenvalue weighted by molar-refractivity contribution is 6.01. The Morgan fingerprint density at radius 3 is 2.51 bits per heavy atom. The van der Waals surface area contributed by atoms with Crippen molar-refractivity contribution < 1.29 is 32.4 Å². The second kappa shape index (κ2) is 10.2. The van der Waals surface area contributed by atoms with Crippen LogP contribution in [0.3, 0.4) is 0 Å². The maximum atomic E-state index is 13.2. The number of carbonyl (C=O) groups excluding carboxylic acids is 1. The Bertz CT molecular complexity index is 1070. The number of anilines is 3. The van der Waals surface area contributed by atoms with E-state index in [1.165, 1.54) is 6.07 Å². The third-order valence-corrected chi connectivity index (χ3v) is 6.64. The average molecular weight is 495 g/mol. The number of aryl methyl sites for hydroxylation is 1. The third-order valence-electron chi connectivity index (χ3n) is 6.64. The number of halogens is 3. The number of nitrogens with zero attached hydrogens (tertiary/aromatic N) is 2. The van der Waals surface area contributed by atoms with Gasteiger partial charge in [-0.25, -0.2) is 4.79 Å². The van der Waals surface area contributed by atoms with Gasteiger partial charge in [0.05, 0.1) is 23.7 Å². The van der Waals surface area contributed by atoms with Crippen LogP contribution in [-0.2, 0) is 4.79 Å². The van der Waals surface area contributed by atoms with Crippen LogP contribution in [0.1, 0.15) is 62.2 Å². The summed E-state index contributed by atoms with van der Waals surface area (Å²) in [4.78, 5) is 25.8. The van der Waals surface area contributed by atoms with E-state index in [0.717, 1.165) is 37.7 Å².